The number of nitrogens with zero attached hydrogens (tertiary/aromatic N) is 1. The Balaban J connectivity index is 1.94. The Hall–Kier alpha value is -1.35. The van der Waals surface area contributed by atoms with Gasteiger partial charge in [-0.15, -0.1) is 0 Å². The highest BCUT2D eigenvalue weighted by Gasteiger charge is 2.27. The van der Waals surface area contributed by atoms with E-state index in [0.29, 0.717) is 18.4 Å². The standard InChI is InChI=1S/C14H19NO2/c1-11(13-5-3-2-4-6-13)15-8-7-12(10-15)9-14(16)17/h2-6,11-12H,7-10H2,1H3,(H,16,17)/t11-,12+/m1/s1. The second-order valence-corrected chi connectivity index (χ2v) is 4.83. The van der Waals surface area contributed by atoms with E-state index in [-0.39, 0.29) is 0 Å². The second kappa shape index (κ2) is 5.32. The molecule has 0 saturated carbocycles. The van der Waals surface area contributed by atoms with E-state index in [0.717, 1.165) is 19.5 Å². The molecule has 0 bridgehead atoms. The van der Waals surface area contributed by atoms with Crippen LogP contribution in [-0.2, 0) is 4.79 Å². The molecule has 1 heterocycles. The van der Waals surface area contributed by atoms with Crippen LogP contribution in [0.4, 0.5) is 0 Å². The average molecular weight is 233 g/mol. The molecule has 17 heavy (non-hydrogen) atoms. The number of rotatable bonds is 4. The molecule has 92 valence electrons. The van der Waals surface area contributed by atoms with E-state index >= 15 is 0 Å². The Labute approximate surface area is 102 Å². The van der Waals surface area contributed by atoms with Gasteiger partial charge in [-0.1, -0.05) is 30.3 Å². The fourth-order valence-corrected chi connectivity index (χ4v) is 2.57. The van der Waals surface area contributed by atoms with Gasteiger partial charge in [0.2, 0.25) is 0 Å². The van der Waals surface area contributed by atoms with Crippen molar-refractivity contribution in [3.05, 3.63) is 35.9 Å². The van der Waals surface area contributed by atoms with Gasteiger partial charge in [0.25, 0.3) is 0 Å². The summed E-state index contributed by atoms with van der Waals surface area (Å²) in [6.07, 6.45) is 1.31. The first kappa shape index (κ1) is 12.1. The maximum absolute atomic E-state index is 10.7. The molecule has 0 spiro atoms. The second-order valence-electron chi connectivity index (χ2n) is 4.83. The minimum atomic E-state index is -0.677. The smallest absolute Gasteiger partial charge is 0.303 e. The highest BCUT2D eigenvalue weighted by atomic mass is 16.4. The molecule has 1 fully saturated rings. The van der Waals surface area contributed by atoms with Crippen LogP contribution in [-0.4, -0.2) is 29.1 Å². The Morgan fingerprint density at radius 1 is 1.47 bits per heavy atom. The van der Waals surface area contributed by atoms with Crippen LogP contribution < -0.4 is 0 Å². The molecule has 0 amide bonds. The van der Waals surface area contributed by atoms with Crippen LogP contribution in [0.3, 0.4) is 0 Å². The summed E-state index contributed by atoms with van der Waals surface area (Å²) in [7, 11) is 0. The van der Waals surface area contributed by atoms with Crippen molar-refractivity contribution in [3.63, 3.8) is 0 Å². The van der Waals surface area contributed by atoms with Crippen molar-refractivity contribution in [2.24, 2.45) is 5.92 Å². The molecule has 0 radical (unpaired) electrons. The summed E-state index contributed by atoms with van der Waals surface area (Å²) < 4.78 is 0. The lowest BCUT2D eigenvalue weighted by atomic mass is 10.1. The lowest BCUT2D eigenvalue weighted by Crippen LogP contribution is -2.24. The van der Waals surface area contributed by atoms with Gasteiger partial charge in [0.05, 0.1) is 0 Å². The van der Waals surface area contributed by atoms with Crippen molar-refractivity contribution in [2.75, 3.05) is 13.1 Å². The van der Waals surface area contributed by atoms with E-state index in [4.69, 9.17) is 5.11 Å². The molecular weight excluding hydrogens is 214 g/mol. The van der Waals surface area contributed by atoms with Gasteiger partial charge in [-0.3, -0.25) is 9.69 Å². The molecule has 1 aliphatic rings. The molecule has 1 N–H and O–H groups in total. The number of hydrogen-bond donors (Lipinski definition) is 1. The van der Waals surface area contributed by atoms with E-state index in [1.165, 1.54) is 5.56 Å². The summed E-state index contributed by atoms with van der Waals surface area (Å²) in [6, 6.07) is 10.8. The van der Waals surface area contributed by atoms with Crippen molar-refractivity contribution in [2.45, 2.75) is 25.8 Å². The van der Waals surface area contributed by atoms with Crippen LogP contribution in [0.15, 0.2) is 30.3 Å². The predicted molar refractivity (Wildman–Crippen MR) is 66.8 cm³/mol. The molecule has 2 atom stereocenters. The van der Waals surface area contributed by atoms with Crippen LogP contribution >= 0.6 is 0 Å². The van der Waals surface area contributed by atoms with Crippen LogP contribution in [0.5, 0.6) is 0 Å². The van der Waals surface area contributed by atoms with Gasteiger partial charge in [0.1, 0.15) is 0 Å². The van der Waals surface area contributed by atoms with Crippen molar-refractivity contribution in [1.29, 1.82) is 0 Å². The number of benzene rings is 1. The zero-order valence-electron chi connectivity index (χ0n) is 10.2. The minimum Gasteiger partial charge on any atom is -0.481 e. The topological polar surface area (TPSA) is 40.5 Å². The predicted octanol–water partition coefficient (Wildman–Crippen LogP) is 2.54. The summed E-state index contributed by atoms with van der Waals surface area (Å²) >= 11 is 0. The van der Waals surface area contributed by atoms with Crippen LogP contribution in [0.1, 0.15) is 31.4 Å². The lowest BCUT2D eigenvalue weighted by Gasteiger charge is -2.24. The maximum Gasteiger partial charge on any atom is 0.303 e. The highest BCUT2D eigenvalue weighted by molar-refractivity contribution is 5.67. The fourth-order valence-electron chi connectivity index (χ4n) is 2.57. The average Bonchev–Trinajstić information content (AvgIpc) is 2.77. The van der Waals surface area contributed by atoms with Crippen LogP contribution in [0.25, 0.3) is 0 Å². The Morgan fingerprint density at radius 3 is 2.82 bits per heavy atom. The molecule has 3 nitrogen and oxygen atoms in total. The monoisotopic (exact) mass is 233 g/mol. The zero-order chi connectivity index (χ0) is 12.3. The summed E-state index contributed by atoms with van der Waals surface area (Å²) in [5.74, 6) is -0.358. The zero-order valence-corrected chi connectivity index (χ0v) is 10.2. The van der Waals surface area contributed by atoms with Crippen molar-refractivity contribution in [1.82, 2.24) is 4.90 Å². The summed E-state index contributed by atoms with van der Waals surface area (Å²) in [4.78, 5) is 13.1. The number of hydrogen-bond acceptors (Lipinski definition) is 2. The van der Waals surface area contributed by atoms with E-state index in [9.17, 15) is 4.79 Å². The molecule has 1 saturated heterocycles. The van der Waals surface area contributed by atoms with Gasteiger partial charge in [0.15, 0.2) is 0 Å². The summed E-state index contributed by atoms with van der Waals surface area (Å²) in [6.45, 7) is 4.11. The lowest BCUT2D eigenvalue weighted by molar-refractivity contribution is -0.138. The first-order valence-electron chi connectivity index (χ1n) is 6.17. The molecule has 1 aliphatic heterocycles. The normalized spacial score (nSPS) is 22.5. The highest BCUT2D eigenvalue weighted by Crippen LogP contribution is 2.28. The molecule has 1 aromatic carbocycles. The SMILES string of the molecule is C[C@H](c1ccccc1)N1CC[C@@H](CC(=O)O)C1. The number of carbonyl (C=O) groups is 1. The minimum absolute atomic E-state index is 0.304. The Bertz CT molecular complexity index is 377. The molecule has 2 rings (SSSR count). The molecule has 0 aromatic heterocycles. The van der Waals surface area contributed by atoms with Crippen molar-refractivity contribution < 1.29 is 9.90 Å². The van der Waals surface area contributed by atoms with Gasteiger partial charge < -0.3 is 5.11 Å². The van der Waals surface area contributed by atoms with E-state index in [1.54, 1.807) is 0 Å². The molecule has 0 aliphatic carbocycles. The van der Waals surface area contributed by atoms with Gasteiger partial charge in [0, 0.05) is 19.0 Å². The number of likely N-dealkylation sites (tertiary alicyclic amines) is 1. The molecule has 1 aromatic rings. The summed E-state index contributed by atoms with van der Waals surface area (Å²) in [5.41, 5.74) is 1.31. The summed E-state index contributed by atoms with van der Waals surface area (Å²) in [5, 5.41) is 8.80. The van der Waals surface area contributed by atoms with E-state index < -0.39 is 5.97 Å². The van der Waals surface area contributed by atoms with Crippen LogP contribution in [0, 0.1) is 5.92 Å². The first-order chi connectivity index (χ1) is 8.16. The molecule has 0 unspecified atom stereocenters. The third-order valence-electron chi connectivity index (χ3n) is 3.61. The van der Waals surface area contributed by atoms with Crippen LogP contribution in [0.2, 0.25) is 0 Å². The number of aliphatic carboxylic acids is 1. The number of carboxylic acids is 1. The third kappa shape index (κ3) is 3.07. The fraction of sp³-hybridized carbons (Fsp3) is 0.500. The molecular formula is C14H19NO2. The van der Waals surface area contributed by atoms with Crippen molar-refractivity contribution >= 4 is 5.97 Å². The van der Waals surface area contributed by atoms with Gasteiger partial charge in [-0.2, -0.15) is 0 Å². The quantitative estimate of drug-likeness (QED) is 0.868. The molecule has 3 heteroatoms. The maximum atomic E-state index is 10.7. The van der Waals surface area contributed by atoms with Gasteiger partial charge >= 0.3 is 5.97 Å². The van der Waals surface area contributed by atoms with E-state index in [2.05, 4.69) is 36.1 Å². The van der Waals surface area contributed by atoms with Crippen molar-refractivity contribution in [3.8, 4) is 0 Å². The Morgan fingerprint density at radius 2 is 2.18 bits per heavy atom. The number of carboxylic acid groups (broad SMARTS) is 1. The first-order valence-corrected chi connectivity index (χ1v) is 6.17. The van der Waals surface area contributed by atoms with Gasteiger partial charge in [-0.25, -0.2) is 0 Å². The van der Waals surface area contributed by atoms with E-state index in [1.807, 2.05) is 6.07 Å². The largest absolute Gasteiger partial charge is 0.481 e. The van der Waals surface area contributed by atoms with Gasteiger partial charge in [-0.05, 0) is 31.4 Å². The third-order valence-corrected chi connectivity index (χ3v) is 3.61. The Kier molecular flexibility index (Phi) is 3.79.